The number of esters is 1. The number of rotatable bonds is 7. The Labute approximate surface area is 172 Å². The molecule has 0 spiro atoms. The van der Waals surface area contributed by atoms with Gasteiger partial charge in [-0.05, 0) is 31.4 Å². The Kier molecular flexibility index (Phi) is 6.43. The van der Waals surface area contributed by atoms with Crippen LogP contribution in [0.4, 0.5) is 0 Å². The van der Waals surface area contributed by atoms with Crippen LogP contribution in [0.3, 0.4) is 0 Å². The number of nitrogens with one attached hydrogen (secondary N) is 1. The highest BCUT2D eigenvalue weighted by Crippen LogP contribution is 2.27. The Morgan fingerprint density at radius 2 is 1.93 bits per heavy atom. The minimum Gasteiger partial charge on any atom is -0.460 e. The van der Waals surface area contributed by atoms with Crippen LogP contribution in [0.2, 0.25) is 0 Å². The smallest absolute Gasteiger partial charge is 0.348 e. The lowest BCUT2D eigenvalue weighted by atomic mass is 10.1. The van der Waals surface area contributed by atoms with Gasteiger partial charge in [-0.15, -0.1) is 11.3 Å². The predicted molar refractivity (Wildman–Crippen MR) is 112 cm³/mol. The summed E-state index contributed by atoms with van der Waals surface area (Å²) in [5.41, 5.74) is 2.68. The molecule has 7 nitrogen and oxygen atoms in total. The normalized spacial score (nSPS) is 10.9. The van der Waals surface area contributed by atoms with E-state index < -0.39 is 5.97 Å². The van der Waals surface area contributed by atoms with Crippen molar-refractivity contribution in [2.24, 2.45) is 7.05 Å². The summed E-state index contributed by atoms with van der Waals surface area (Å²) in [5.74, 6) is -0.603. The van der Waals surface area contributed by atoms with Crippen LogP contribution in [0.15, 0.2) is 35.4 Å². The van der Waals surface area contributed by atoms with Crippen LogP contribution in [-0.4, -0.2) is 34.6 Å². The fourth-order valence-electron chi connectivity index (χ4n) is 2.90. The first-order chi connectivity index (χ1) is 13.9. The lowest BCUT2D eigenvalue weighted by Gasteiger charge is -2.07. The Morgan fingerprint density at radius 3 is 2.66 bits per heavy atom. The van der Waals surface area contributed by atoms with Crippen molar-refractivity contribution in [1.29, 1.82) is 0 Å². The number of carbonyl (C=O) groups excluding carboxylic acids is 2. The number of fused-ring (bicyclic) bond motifs is 1. The molecule has 152 valence electrons. The number of ether oxygens (including phenoxy) is 1. The zero-order chi connectivity index (χ0) is 21.0. The molecule has 1 amide bonds. The van der Waals surface area contributed by atoms with Gasteiger partial charge in [0.2, 0.25) is 5.91 Å². The van der Waals surface area contributed by atoms with Gasteiger partial charge in [0.05, 0.1) is 18.3 Å². The number of benzene rings is 1. The SMILES string of the molecule is Cc1ccc(CCC(=O)NCCOC(=O)c2sc3ncn(C)c(=O)c3c2C)cc1. The van der Waals surface area contributed by atoms with Crippen LogP contribution in [0, 0.1) is 13.8 Å². The first-order valence-electron chi connectivity index (χ1n) is 9.31. The molecule has 1 N–H and O–H groups in total. The minimum atomic E-state index is -0.513. The molecule has 0 bridgehead atoms. The second-order valence-corrected chi connectivity index (χ2v) is 7.87. The fourth-order valence-corrected chi connectivity index (χ4v) is 3.94. The summed E-state index contributed by atoms with van der Waals surface area (Å²) in [6.07, 6.45) is 2.47. The highest BCUT2D eigenvalue weighted by molar-refractivity contribution is 7.20. The summed E-state index contributed by atoms with van der Waals surface area (Å²) in [5, 5.41) is 3.19. The van der Waals surface area contributed by atoms with E-state index in [9.17, 15) is 14.4 Å². The van der Waals surface area contributed by atoms with Crippen LogP contribution in [0.1, 0.15) is 32.8 Å². The number of hydrogen-bond donors (Lipinski definition) is 1. The largest absolute Gasteiger partial charge is 0.460 e. The zero-order valence-electron chi connectivity index (χ0n) is 16.7. The quantitative estimate of drug-likeness (QED) is 0.475. The Balaban J connectivity index is 1.47. The van der Waals surface area contributed by atoms with Crippen molar-refractivity contribution in [3.05, 3.63) is 62.5 Å². The van der Waals surface area contributed by atoms with E-state index in [2.05, 4.69) is 10.3 Å². The number of thiophene rings is 1. The summed E-state index contributed by atoms with van der Waals surface area (Å²) in [7, 11) is 1.62. The van der Waals surface area contributed by atoms with E-state index in [0.29, 0.717) is 33.5 Å². The van der Waals surface area contributed by atoms with Crippen molar-refractivity contribution in [3.8, 4) is 0 Å². The Bertz CT molecular complexity index is 1100. The number of carbonyl (C=O) groups is 2. The van der Waals surface area contributed by atoms with Gasteiger partial charge in [-0.1, -0.05) is 29.8 Å². The predicted octanol–water partition coefficient (Wildman–Crippen LogP) is 2.52. The highest BCUT2D eigenvalue weighted by Gasteiger charge is 2.20. The molecule has 0 aliphatic carbocycles. The first kappa shape index (κ1) is 20.7. The second-order valence-electron chi connectivity index (χ2n) is 6.87. The van der Waals surface area contributed by atoms with Crippen LogP contribution < -0.4 is 10.9 Å². The van der Waals surface area contributed by atoms with Crippen molar-refractivity contribution in [2.45, 2.75) is 26.7 Å². The third-order valence-electron chi connectivity index (χ3n) is 4.61. The van der Waals surface area contributed by atoms with E-state index in [4.69, 9.17) is 4.74 Å². The Morgan fingerprint density at radius 1 is 1.21 bits per heavy atom. The molecule has 1 aromatic carbocycles. The lowest BCUT2D eigenvalue weighted by molar-refractivity contribution is -0.121. The summed E-state index contributed by atoms with van der Waals surface area (Å²) in [4.78, 5) is 41.6. The average molecular weight is 413 g/mol. The maximum absolute atomic E-state index is 12.4. The number of aromatic nitrogens is 2. The van der Waals surface area contributed by atoms with Gasteiger partial charge >= 0.3 is 5.97 Å². The van der Waals surface area contributed by atoms with Crippen molar-refractivity contribution >= 4 is 33.4 Å². The zero-order valence-corrected chi connectivity index (χ0v) is 17.5. The maximum atomic E-state index is 12.4. The number of amides is 1. The van der Waals surface area contributed by atoms with Gasteiger partial charge in [0.1, 0.15) is 16.3 Å². The van der Waals surface area contributed by atoms with Crippen molar-refractivity contribution in [2.75, 3.05) is 13.2 Å². The number of nitrogens with zero attached hydrogens (tertiary/aromatic N) is 2. The molecule has 3 rings (SSSR count). The molecular formula is C21H23N3O4S. The van der Waals surface area contributed by atoms with Gasteiger partial charge in [0.25, 0.3) is 5.56 Å². The third-order valence-corrected chi connectivity index (χ3v) is 5.79. The monoisotopic (exact) mass is 413 g/mol. The molecule has 0 aliphatic rings. The average Bonchev–Trinajstić information content (AvgIpc) is 3.04. The van der Waals surface area contributed by atoms with Gasteiger partial charge < -0.3 is 14.6 Å². The van der Waals surface area contributed by atoms with Crippen molar-refractivity contribution < 1.29 is 14.3 Å². The van der Waals surface area contributed by atoms with Gasteiger partial charge in [0.15, 0.2) is 0 Å². The minimum absolute atomic E-state index is 0.0637. The van der Waals surface area contributed by atoms with Crippen LogP contribution in [0.5, 0.6) is 0 Å². The molecule has 0 unspecified atom stereocenters. The molecule has 8 heteroatoms. The maximum Gasteiger partial charge on any atom is 0.348 e. The third kappa shape index (κ3) is 4.89. The molecule has 0 saturated heterocycles. The first-order valence-corrected chi connectivity index (χ1v) is 10.1. The van der Waals surface area contributed by atoms with E-state index in [1.165, 1.54) is 16.5 Å². The van der Waals surface area contributed by atoms with Gasteiger partial charge in [-0.3, -0.25) is 9.59 Å². The topological polar surface area (TPSA) is 90.3 Å². The van der Waals surface area contributed by atoms with E-state index in [1.807, 2.05) is 31.2 Å². The van der Waals surface area contributed by atoms with E-state index in [1.54, 1.807) is 14.0 Å². The van der Waals surface area contributed by atoms with E-state index in [0.717, 1.165) is 16.9 Å². The molecule has 29 heavy (non-hydrogen) atoms. The standard InChI is InChI=1S/C21H23N3O4S/c1-13-4-6-15(7-5-13)8-9-16(25)22-10-11-28-21(27)18-14(2)17-19(29-18)23-12-24(3)20(17)26/h4-7,12H,8-11H2,1-3H3,(H,22,25). The molecule has 2 heterocycles. The molecule has 3 aromatic rings. The highest BCUT2D eigenvalue weighted by atomic mass is 32.1. The summed E-state index contributed by atoms with van der Waals surface area (Å²) < 4.78 is 6.63. The summed E-state index contributed by atoms with van der Waals surface area (Å²) >= 11 is 1.14. The Hall–Kier alpha value is -3.00. The summed E-state index contributed by atoms with van der Waals surface area (Å²) in [6.45, 7) is 4.04. The van der Waals surface area contributed by atoms with Crippen molar-refractivity contribution in [3.63, 3.8) is 0 Å². The molecular weight excluding hydrogens is 390 g/mol. The lowest BCUT2D eigenvalue weighted by Crippen LogP contribution is -2.28. The molecule has 0 atom stereocenters. The van der Waals surface area contributed by atoms with Crippen LogP contribution in [0.25, 0.3) is 10.2 Å². The fraction of sp³-hybridized carbons (Fsp3) is 0.333. The van der Waals surface area contributed by atoms with E-state index in [-0.39, 0.29) is 24.6 Å². The van der Waals surface area contributed by atoms with Gasteiger partial charge in [-0.2, -0.15) is 0 Å². The molecule has 0 radical (unpaired) electrons. The van der Waals surface area contributed by atoms with Gasteiger partial charge in [0, 0.05) is 13.5 Å². The van der Waals surface area contributed by atoms with Crippen LogP contribution in [-0.2, 0) is 23.0 Å². The van der Waals surface area contributed by atoms with E-state index >= 15 is 0 Å². The second kappa shape index (κ2) is 9.00. The van der Waals surface area contributed by atoms with Crippen LogP contribution >= 0.6 is 11.3 Å². The molecule has 0 fully saturated rings. The number of aryl methyl sites for hydroxylation is 4. The number of hydrogen-bond acceptors (Lipinski definition) is 6. The molecule has 2 aromatic heterocycles. The summed E-state index contributed by atoms with van der Waals surface area (Å²) in [6, 6.07) is 8.07. The van der Waals surface area contributed by atoms with Gasteiger partial charge in [-0.25, -0.2) is 9.78 Å². The van der Waals surface area contributed by atoms with Crippen molar-refractivity contribution in [1.82, 2.24) is 14.9 Å². The molecule has 0 aliphatic heterocycles. The molecule has 0 saturated carbocycles.